The van der Waals surface area contributed by atoms with Gasteiger partial charge in [0.25, 0.3) is 0 Å². The standard InChI is InChI=1S/C22H20N2O3/c25-23-21(18-12-6-2-7-13-18)16-20(17-10-4-1-5-11-17)22(24(26)27)19-14-8-3-9-15-19/h1-15,20,22,25H,16H2/b23-21-. The number of hydrogen-bond donors (Lipinski definition) is 1. The molecular weight excluding hydrogens is 340 g/mol. The highest BCUT2D eigenvalue weighted by atomic mass is 16.6. The average Bonchev–Trinajstić information content (AvgIpc) is 2.72. The summed E-state index contributed by atoms with van der Waals surface area (Å²) in [4.78, 5) is 11.8. The number of oxime groups is 1. The first-order chi connectivity index (χ1) is 13.2. The number of hydrogen-bond acceptors (Lipinski definition) is 4. The fourth-order valence-electron chi connectivity index (χ4n) is 3.32. The van der Waals surface area contributed by atoms with Crippen molar-refractivity contribution in [3.05, 3.63) is 118 Å². The molecule has 1 N–H and O–H groups in total. The van der Waals surface area contributed by atoms with E-state index in [-0.39, 0.29) is 11.3 Å². The quantitative estimate of drug-likeness (QED) is 0.277. The van der Waals surface area contributed by atoms with Crippen molar-refractivity contribution in [2.75, 3.05) is 0 Å². The summed E-state index contributed by atoms with van der Waals surface area (Å²) in [5.41, 5.74) is 2.63. The van der Waals surface area contributed by atoms with Gasteiger partial charge in [0.05, 0.1) is 11.6 Å². The summed E-state index contributed by atoms with van der Waals surface area (Å²) in [7, 11) is 0. The van der Waals surface area contributed by atoms with E-state index in [1.54, 1.807) is 24.3 Å². The van der Waals surface area contributed by atoms with E-state index >= 15 is 0 Å². The first kappa shape index (κ1) is 18.3. The SMILES string of the molecule is O=[N+]([O-])C(c1ccccc1)C(C/C(=N/O)c1ccccc1)c1ccccc1. The highest BCUT2D eigenvalue weighted by Gasteiger charge is 2.35. The van der Waals surface area contributed by atoms with Crippen LogP contribution in [0.15, 0.2) is 96.2 Å². The third-order valence-electron chi connectivity index (χ3n) is 4.62. The monoisotopic (exact) mass is 360 g/mol. The Balaban J connectivity index is 2.04. The molecule has 0 fully saturated rings. The van der Waals surface area contributed by atoms with Crippen LogP contribution in [0.25, 0.3) is 0 Å². The summed E-state index contributed by atoms with van der Waals surface area (Å²) >= 11 is 0. The van der Waals surface area contributed by atoms with Gasteiger partial charge in [-0.1, -0.05) is 96.2 Å². The molecule has 0 aromatic heterocycles. The summed E-state index contributed by atoms with van der Waals surface area (Å²) in [5, 5.41) is 25.1. The fourth-order valence-corrected chi connectivity index (χ4v) is 3.32. The molecule has 3 aromatic carbocycles. The Morgan fingerprint density at radius 1 is 0.852 bits per heavy atom. The van der Waals surface area contributed by atoms with Crippen molar-refractivity contribution in [2.45, 2.75) is 18.4 Å². The van der Waals surface area contributed by atoms with Crippen molar-refractivity contribution in [1.29, 1.82) is 0 Å². The van der Waals surface area contributed by atoms with Gasteiger partial charge in [-0.15, -0.1) is 0 Å². The van der Waals surface area contributed by atoms with Crippen LogP contribution >= 0.6 is 0 Å². The lowest BCUT2D eigenvalue weighted by molar-refractivity contribution is -0.533. The highest BCUT2D eigenvalue weighted by Crippen LogP contribution is 2.37. The molecule has 3 rings (SSSR count). The zero-order valence-corrected chi connectivity index (χ0v) is 14.7. The molecule has 3 aromatic rings. The van der Waals surface area contributed by atoms with Crippen LogP contribution in [0, 0.1) is 10.1 Å². The molecule has 0 saturated carbocycles. The van der Waals surface area contributed by atoms with Gasteiger partial charge >= 0.3 is 0 Å². The van der Waals surface area contributed by atoms with Crippen molar-refractivity contribution >= 4 is 5.71 Å². The highest BCUT2D eigenvalue weighted by molar-refractivity contribution is 6.00. The molecule has 2 atom stereocenters. The maximum absolute atomic E-state index is 12.0. The van der Waals surface area contributed by atoms with Gasteiger partial charge in [-0.3, -0.25) is 10.1 Å². The maximum Gasteiger partial charge on any atom is 0.245 e. The van der Waals surface area contributed by atoms with E-state index in [4.69, 9.17) is 0 Å². The molecule has 0 aliphatic rings. The Morgan fingerprint density at radius 2 is 1.33 bits per heavy atom. The zero-order chi connectivity index (χ0) is 19.1. The van der Waals surface area contributed by atoms with Crippen molar-refractivity contribution in [3.63, 3.8) is 0 Å². The van der Waals surface area contributed by atoms with Crippen LogP contribution in [0.1, 0.15) is 35.1 Å². The minimum atomic E-state index is -0.950. The second kappa shape index (κ2) is 8.76. The molecule has 27 heavy (non-hydrogen) atoms. The van der Waals surface area contributed by atoms with Gasteiger partial charge in [-0.25, -0.2) is 0 Å². The van der Waals surface area contributed by atoms with Crippen LogP contribution in [0.4, 0.5) is 0 Å². The molecule has 0 spiro atoms. The fraction of sp³-hybridized carbons (Fsp3) is 0.136. The Kier molecular flexibility index (Phi) is 5.94. The number of nitro groups is 1. The van der Waals surface area contributed by atoms with E-state index in [1.807, 2.05) is 66.7 Å². The van der Waals surface area contributed by atoms with Crippen LogP contribution < -0.4 is 0 Å². The van der Waals surface area contributed by atoms with E-state index in [2.05, 4.69) is 5.16 Å². The van der Waals surface area contributed by atoms with Gasteiger partial charge in [0.1, 0.15) is 0 Å². The van der Waals surface area contributed by atoms with Crippen LogP contribution in [0.2, 0.25) is 0 Å². The predicted octanol–water partition coefficient (Wildman–Crippen LogP) is 5.06. The van der Waals surface area contributed by atoms with Crippen molar-refractivity contribution < 1.29 is 10.1 Å². The first-order valence-electron chi connectivity index (χ1n) is 8.70. The summed E-state index contributed by atoms with van der Waals surface area (Å²) in [6.07, 6.45) is 0.241. The molecule has 0 saturated heterocycles. The molecule has 0 radical (unpaired) electrons. The number of benzene rings is 3. The minimum absolute atomic E-state index is 0.241. The maximum atomic E-state index is 12.0. The van der Waals surface area contributed by atoms with E-state index in [0.717, 1.165) is 11.1 Å². The van der Waals surface area contributed by atoms with Crippen molar-refractivity contribution in [2.24, 2.45) is 5.16 Å². The largest absolute Gasteiger partial charge is 0.411 e. The van der Waals surface area contributed by atoms with Gasteiger partial charge in [-0.05, 0) is 11.1 Å². The Labute approximate surface area is 157 Å². The molecule has 0 bridgehead atoms. The van der Waals surface area contributed by atoms with Crippen LogP contribution in [0.3, 0.4) is 0 Å². The number of rotatable bonds is 7. The lowest BCUT2D eigenvalue weighted by atomic mass is 9.82. The Hall–Kier alpha value is -3.47. The normalized spacial score (nSPS) is 13.7. The third-order valence-corrected chi connectivity index (χ3v) is 4.62. The van der Waals surface area contributed by atoms with Gasteiger partial charge in [0.15, 0.2) is 0 Å². The lowest BCUT2D eigenvalue weighted by Gasteiger charge is -2.22. The Morgan fingerprint density at radius 3 is 1.81 bits per heavy atom. The molecule has 0 aliphatic heterocycles. The van der Waals surface area contributed by atoms with E-state index in [9.17, 15) is 15.3 Å². The molecule has 0 amide bonds. The minimum Gasteiger partial charge on any atom is -0.411 e. The van der Waals surface area contributed by atoms with E-state index in [0.29, 0.717) is 11.3 Å². The van der Waals surface area contributed by atoms with Crippen LogP contribution in [-0.4, -0.2) is 15.8 Å². The molecule has 0 aliphatic carbocycles. The lowest BCUT2D eigenvalue weighted by Crippen LogP contribution is -2.22. The van der Waals surface area contributed by atoms with Crippen LogP contribution in [-0.2, 0) is 0 Å². The smallest absolute Gasteiger partial charge is 0.245 e. The van der Waals surface area contributed by atoms with Crippen molar-refractivity contribution in [3.8, 4) is 0 Å². The Bertz CT molecular complexity index is 897. The average molecular weight is 360 g/mol. The summed E-state index contributed by atoms with van der Waals surface area (Å²) in [6, 6.07) is 26.6. The summed E-state index contributed by atoms with van der Waals surface area (Å²) < 4.78 is 0. The summed E-state index contributed by atoms with van der Waals surface area (Å²) in [6.45, 7) is 0. The third kappa shape index (κ3) is 4.39. The molecule has 136 valence electrons. The van der Waals surface area contributed by atoms with Crippen molar-refractivity contribution in [1.82, 2.24) is 0 Å². The topological polar surface area (TPSA) is 75.7 Å². The summed E-state index contributed by atoms with van der Waals surface area (Å²) in [5.74, 6) is -0.477. The molecular formula is C22H20N2O3. The van der Waals surface area contributed by atoms with Gasteiger partial charge in [0, 0.05) is 16.9 Å². The second-order valence-electron chi connectivity index (χ2n) is 6.27. The van der Waals surface area contributed by atoms with E-state index in [1.165, 1.54) is 0 Å². The van der Waals surface area contributed by atoms with Gasteiger partial charge < -0.3 is 5.21 Å². The molecule has 5 nitrogen and oxygen atoms in total. The van der Waals surface area contributed by atoms with Gasteiger partial charge in [0.2, 0.25) is 6.04 Å². The molecule has 5 heteroatoms. The van der Waals surface area contributed by atoms with Gasteiger partial charge in [-0.2, -0.15) is 0 Å². The molecule has 2 unspecified atom stereocenters. The van der Waals surface area contributed by atoms with E-state index < -0.39 is 12.0 Å². The zero-order valence-electron chi connectivity index (χ0n) is 14.7. The first-order valence-corrected chi connectivity index (χ1v) is 8.70. The number of nitrogens with zero attached hydrogens (tertiary/aromatic N) is 2. The van der Waals surface area contributed by atoms with Crippen LogP contribution in [0.5, 0.6) is 0 Å². The predicted molar refractivity (Wildman–Crippen MR) is 105 cm³/mol. The second-order valence-corrected chi connectivity index (χ2v) is 6.27. The molecule has 0 heterocycles.